The Balaban J connectivity index is 2.74. The van der Waals surface area contributed by atoms with Crippen molar-refractivity contribution in [2.24, 2.45) is 0 Å². The molecule has 1 atom stereocenters. The third-order valence-corrected chi connectivity index (χ3v) is 3.59. The SMILES string of the molecule is CC1(C)OB(CC(NC(=O)C(F)(F)F)C(=O)O)OC1(C)C. The molecule has 0 spiro atoms. The van der Waals surface area contributed by atoms with Gasteiger partial charge in [-0.2, -0.15) is 13.2 Å². The number of rotatable bonds is 4. The Labute approximate surface area is 120 Å². The zero-order chi connectivity index (χ0) is 16.6. The molecule has 1 fully saturated rings. The number of aliphatic carboxylic acids is 1. The van der Waals surface area contributed by atoms with Gasteiger partial charge in [0, 0.05) is 6.32 Å². The number of carbonyl (C=O) groups is 2. The highest BCUT2D eigenvalue weighted by Gasteiger charge is 2.52. The Bertz CT molecular complexity index is 422. The molecule has 0 aromatic carbocycles. The van der Waals surface area contributed by atoms with Gasteiger partial charge in [-0.05, 0) is 27.7 Å². The summed E-state index contributed by atoms with van der Waals surface area (Å²) >= 11 is 0. The van der Waals surface area contributed by atoms with Crippen LogP contribution in [-0.2, 0) is 18.9 Å². The van der Waals surface area contributed by atoms with Crippen molar-refractivity contribution in [2.75, 3.05) is 0 Å². The maximum absolute atomic E-state index is 12.2. The van der Waals surface area contributed by atoms with E-state index in [-0.39, 0.29) is 0 Å². The predicted octanol–water partition coefficient (Wildman–Crippen LogP) is 1.21. The van der Waals surface area contributed by atoms with Crippen LogP contribution in [0.15, 0.2) is 0 Å². The molecule has 0 radical (unpaired) electrons. The van der Waals surface area contributed by atoms with Gasteiger partial charge < -0.3 is 19.7 Å². The molecule has 0 saturated carbocycles. The molecule has 1 amide bonds. The van der Waals surface area contributed by atoms with E-state index in [1.807, 2.05) is 0 Å². The van der Waals surface area contributed by atoms with Crippen LogP contribution >= 0.6 is 0 Å². The van der Waals surface area contributed by atoms with Crippen LogP contribution in [-0.4, -0.2) is 47.5 Å². The second-order valence-electron chi connectivity index (χ2n) is 5.78. The van der Waals surface area contributed by atoms with Crippen molar-refractivity contribution >= 4 is 19.0 Å². The number of carboxylic acids is 1. The van der Waals surface area contributed by atoms with Crippen molar-refractivity contribution in [3.05, 3.63) is 0 Å². The highest BCUT2D eigenvalue weighted by molar-refractivity contribution is 6.46. The van der Waals surface area contributed by atoms with Crippen LogP contribution in [0, 0.1) is 0 Å². The lowest BCUT2D eigenvalue weighted by molar-refractivity contribution is -0.175. The maximum atomic E-state index is 12.2. The standard InChI is InChI=1S/C11H17BF3NO5/c1-9(2)10(3,4)21-12(20-9)5-6(7(17)18)16-8(19)11(13,14)15/h6H,5H2,1-4H3,(H,16,19)(H,17,18). The van der Waals surface area contributed by atoms with Gasteiger partial charge in [0.25, 0.3) is 0 Å². The van der Waals surface area contributed by atoms with Gasteiger partial charge in [0.15, 0.2) is 0 Å². The summed E-state index contributed by atoms with van der Waals surface area (Å²) in [6.07, 6.45) is -5.58. The van der Waals surface area contributed by atoms with Gasteiger partial charge in [-0.3, -0.25) is 9.59 Å². The van der Waals surface area contributed by atoms with E-state index < -0.39 is 48.7 Å². The predicted molar refractivity (Wildman–Crippen MR) is 66.5 cm³/mol. The van der Waals surface area contributed by atoms with E-state index in [1.54, 1.807) is 27.7 Å². The number of hydrogen-bond donors (Lipinski definition) is 2. The van der Waals surface area contributed by atoms with E-state index >= 15 is 0 Å². The molecule has 120 valence electrons. The molecule has 1 aliphatic heterocycles. The Kier molecular flexibility index (Phi) is 4.64. The highest BCUT2D eigenvalue weighted by atomic mass is 19.4. The van der Waals surface area contributed by atoms with Gasteiger partial charge in [-0.15, -0.1) is 0 Å². The smallest absolute Gasteiger partial charge is 0.471 e. The first-order valence-electron chi connectivity index (χ1n) is 6.22. The lowest BCUT2D eigenvalue weighted by Gasteiger charge is -2.32. The third-order valence-electron chi connectivity index (χ3n) is 3.59. The quantitative estimate of drug-likeness (QED) is 0.762. The molecule has 6 nitrogen and oxygen atoms in total. The van der Waals surface area contributed by atoms with Crippen LogP contribution in [0.5, 0.6) is 0 Å². The minimum absolute atomic E-state index is 0.427. The van der Waals surface area contributed by atoms with Gasteiger partial charge >= 0.3 is 25.2 Å². The zero-order valence-electron chi connectivity index (χ0n) is 12.1. The lowest BCUT2D eigenvalue weighted by atomic mass is 9.80. The molecule has 2 N–H and O–H groups in total. The van der Waals surface area contributed by atoms with Crippen LogP contribution in [0.1, 0.15) is 27.7 Å². The Hall–Kier alpha value is -1.29. The summed E-state index contributed by atoms with van der Waals surface area (Å²) in [6.45, 7) is 6.88. The Morgan fingerprint density at radius 3 is 1.95 bits per heavy atom. The monoisotopic (exact) mass is 311 g/mol. The van der Waals surface area contributed by atoms with Gasteiger partial charge in [0.05, 0.1) is 11.2 Å². The van der Waals surface area contributed by atoms with Crippen molar-refractivity contribution in [2.45, 2.75) is 57.4 Å². The van der Waals surface area contributed by atoms with E-state index in [0.29, 0.717) is 0 Å². The largest absolute Gasteiger partial charge is 0.480 e. The minimum Gasteiger partial charge on any atom is -0.480 e. The summed E-state index contributed by atoms with van der Waals surface area (Å²) < 4.78 is 47.5. The fourth-order valence-corrected chi connectivity index (χ4v) is 1.72. The summed E-state index contributed by atoms with van der Waals surface area (Å²) in [7, 11) is -1.02. The van der Waals surface area contributed by atoms with Crippen LogP contribution in [0.4, 0.5) is 13.2 Å². The number of carboxylic acid groups (broad SMARTS) is 1. The molecule has 0 aromatic heterocycles. The van der Waals surface area contributed by atoms with Crippen molar-refractivity contribution < 1.29 is 37.2 Å². The van der Waals surface area contributed by atoms with Crippen molar-refractivity contribution in [3.63, 3.8) is 0 Å². The van der Waals surface area contributed by atoms with Gasteiger partial charge in [-0.25, -0.2) is 0 Å². The van der Waals surface area contributed by atoms with Gasteiger partial charge in [0.1, 0.15) is 6.04 Å². The summed E-state index contributed by atoms with van der Waals surface area (Å²) in [5.41, 5.74) is -1.48. The number of hydrogen-bond acceptors (Lipinski definition) is 4. The first-order valence-corrected chi connectivity index (χ1v) is 6.22. The molecule has 10 heteroatoms. The summed E-state index contributed by atoms with van der Waals surface area (Å²) in [6, 6.07) is -1.76. The van der Waals surface area contributed by atoms with Crippen molar-refractivity contribution in [1.82, 2.24) is 5.32 Å². The second kappa shape index (κ2) is 5.49. The second-order valence-corrected chi connectivity index (χ2v) is 5.78. The van der Waals surface area contributed by atoms with E-state index in [1.165, 1.54) is 5.32 Å². The molecule has 0 aliphatic carbocycles. The van der Waals surface area contributed by atoms with Crippen LogP contribution in [0.25, 0.3) is 0 Å². The number of carbonyl (C=O) groups excluding carboxylic acids is 1. The van der Waals surface area contributed by atoms with E-state index in [2.05, 4.69) is 0 Å². The molecule has 0 aromatic rings. The van der Waals surface area contributed by atoms with Crippen molar-refractivity contribution in [1.29, 1.82) is 0 Å². The summed E-state index contributed by atoms with van der Waals surface area (Å²) in [5.74, 6) is -3.91. The zero-order valence-corrected chi connectivity index (χ0v) is 12.1. The number of amides is 1. The fourth-order valence-electron chi connectivity index (χ4n) is 1.72. The third kappa shape index (κ3) is 4.10. The molecular weight excluding hydrogens is 294 g/mol. The number of alkyl halides is 3. The minimum atomic E-state index is -5.15. The number of halogens is 3. The molecule has 21 heavy (non-hydrogen) atoms. The molecule has 1 rings (SSSR count). The Morgan fingerprint density at radius 1 is 1.19 bits per heavy atom. The molecule has 1 aliphatic rings. The van der Waals surface area contributed by atoms with Gasteiger partial charge in [0.2, 0.25) is 0 Å². The lowest BCUT2D eigenvalue weighted by Crippen LogP contribution is -2.48. The molecular formula is C11H17BF3NO5. The van der Waals surface area contributed by atoms with E-state index in [0.717, 1.165) is 0 Å². The van der Waals surface area contributed by atoms with Crippen LogP contribution in [0.3, 0.4) is 0 Å². The van der Waals surface area contributed by atoms with E-state index in [4.69, 9.17) is 14.4 Å². The number of nitrogens with one attached hydrogen (secondary N) is 1. The first kappa shape index (κ1) is 17.8. The Morgan fingerprint density at radius 2 is 1.62 bits per heavy atom. The molecule has 1 heterocycles. The van der Waals surface area contributed by atoms with Crippen molar-refractivity contribution in [3.8, 4) is 0 Å². The first-order chi connectivity index (χ1) is 9.26. The maximum Gasteiger partial charge on any atom is 0.471 e. The van der Waals surface area contributed by atoms with Crippen LogP contribution < -0.4 is 5.32 Å². The molecule has 1 unspecified atom stereocenters. The van der Waals surface area contributed by atoms with Gasteiger partial charge in [-0.1, -0.05) is 0 Å². The summed E-state index contributed by atoms with van der Waals surface area (Å²) in [5, 5.41) is 10.3. The fraction of sp³-hybridized carbons (Fsp3) is 0.818. The molecule has 0 bridgehead atoms. The van der Waals surface area contributed by atoms with E-state index in [9.17, 15) is 22.8 Å². The topological polar surface area (TPSA) is 84.9 Å². The summed E-state index contributed by atoms with van der Waals surface area (Å²) in [4.78, 5) is 21.8. The normalized spacial score (nSPS) is 22.0. The van der Waals surface area contributed by atoms with Crippen LogP contribution in [0.2, 0.25) is 6.32 Å². The average Bonchev–Trinajstić information content (AvgIpc) is 2.44. The molecule has 1 saturated heterocycles. The highest BCUT2D eigenvalue weighted by Crippen LogP contribution is 2.38. The average molecular weight is 311 g/mol.